The summed E-state index contributed by atoms with van der Waals surface area (Å²) in [4.78, 5) is 7.90. The van der Waals surface area contributed by atoms with E-state index in [4.69, 9.17) is 0 Å². The molecule has 0 saturated carbocycles. The normalized spacial score (nSPS) is 12.8. The van der Waals surface area contributed by atoms with Gasteiger partial charge in [-0.05, 0) is 27.2 Å². The van der Waals surface area contributed by atoms with Crippen LogP contribution < -0.4 is 5.19 Å². The van der Waals surface area contributed by atoms with Gasteiger partial charge in [0.25, 0.3) is 0 Å². The summed E-state index contributed by atoms with van der Waals surface area (Å²) in [6.07, 6.45) is 0. The maximum Gasteiger partial charge on any atom is 0.150 e. The average Bonchev–Trinajstić information content (AvgIpc) is 2.47. The molecule has 1 heterocycles. The van der Waals surface area contributed by atoms with Crippen LogP contribution >= 0.6 is 15.9 Å². The van der Waals surface area contributed by atoms with Crippen molar-refractivity contribution in [2.24, 2.45) is 4.99 Å². The van der Waals surface area contributed by atoms with Gasteiger partial charge in [0.15, 0.2) is 0 Å². The second-order valence-corrected chi connectivity index (χ2v) is 10.8. The molecule has 0 atom stereocenters. The standard InChI is InChI=1S/C14H21BrF2N2Si/c1-5-20(6-2,7-3)11-8-12(15)19-14(13(11)17)10(9-16)18-4/h8H,5-7,9H2,1-4H3/b18-10+. The molecule has 0 bridgehead atoms. The van der Waals surface area contributed by atoms with Crippen LogP contribution in [-0.4, -0.2) is 32.5 Å². The zero-order valence-corrected chi connectivity index (χ0v) is 15.0. The van der Waals surface area contributed by atoms with Crippen molar-refractivity contribution >= 4 is 34.9 Å². The number of aliphatic imine (C=N–C) groups is 1. The van der Waals surface area contributed by atoms with Gasteiger partial charge in [0.05, 0.1) is 13.8 Å². The SMILES string of the molecule is CC[Si](CC)(CC)c1cc(Br)nc(/C(CF)=N/C)c1F. The number of hydrogen-bond acceptors (Lipinski definition) is 2. The smallest absolute Gasteiger partial charge is 0.150 e. The molecule has 20 heavy (non-hydrogen) atoms. The Hall–Kier alpha value is -0.623. The predicted octanol–water partition coefficient (Wildman–Crippen LogP) is 4.09. The Morgan fingerprint density at radius 1 is 1.30 bits per heavy atom. The van der Waals surface area contributed by atoms with Crippen molar-refractivity contribution in [1.82, 2.24) is 4.98 Å². The van der Waals surface area contributed by atoms with E-state index in [1.807, 2.05) is 0 Å². The van der Waals surface area contributed by atoms with Gasteiger partial charge in [-0.3, -0.25) is 4.99 Å². The Morgan fingerprint density at radius 2 is 1.85 bits per heavy atom. The van der Waals surface area contributed by atoms with Gasteiger partial charge in [-0.25, -0.2) is 13.8 Å². The van der Waals surface area contributed by atoms with Crippen LogP contribution in [0.15, 0.2) is 15.7 Å². The first-order chi connectivity index (χ1) is 9.49. The van der Waals surface area contributed by atoms with Crippen molar-refractivity contribution in [2.75, 3.05) is 13.7 Å². The molecule has 6 heteroatoms. The van der Waals surface area contributed by atoms with E-state index in [0.717, 1.165) is 23.3 Å². The monoisotopic (exact) mass is 362 g/mol. The first-order valence-corrected chi connectivity index (χ1v) is 10.3. The van der Waals surface area contributed by atoms with Gasteiger partial charge in [-0.15, -0.1) is 0 Å². The molecular weight excluding hydrogens is 342 g/mol. The fourth-order valence-corrected chi connectivity index (χ4v) is 6.91. The van der Waals surface area contributed by atoms with Crippen LogP contribution in [0.1, 0.15) is 26.5 Å². The summed E-state index contributed by atoms with van der Waals surface area (Å²) in [6.45, 7) is 5.51. The zero-order chi connectivity index (χ0) is 15.3. The lowest BCUT2D eigenvalue weighted by Crippen LogP contribution is -2.48. The van der Waals surface area contributed by atoms with Crippen LogP contribution in [0.4, 0.5) is 8.78 Å². The maximum atomic E-state index is 14.8. The summed E-state index contributed by atoms with van der Waals surface area (Å²) in [5, 5.41) is 0.733. The summed E-state index contributed by atoms with van der Waals surface area (Å²) >= 11 is 3.32. The molecule has 112 valence electrons. The van der Waals surface area contributed by atoms with Crippen LogP contribution in [0.25, 0.3) is 0 Å². The molecule has 0 fully saturated rings. The van der Waals surface area contributed by atoms with E-state index in [2.05, 4.69) is 46.7 Å². The highest BCUT2D eigenvalue weighted by Gasteiger charge is 2.34. The highest BCUT2D eigenvalue weighted by molar-refractivity contribution is 9.10. The van der Waals surface area contributed by atoms with Crippen molar-refractivity contribution in [3.8, 4) is 0 Å². The number of hydrogen-bond donors (Lipinski definition) is 0. The topological polar surface area (TPSA) is 25.2 Å². The van der Waals surface area contributed by atoms with Gasteiger partial charge in [0.2, 0.25) is 0 Å². The number of pyridine rings is 1. The minimum atomic E-state index is -1.89. The van der Waals surface area contributed by atoms with Gasteiger partial charge < -0.3 is 0 Å². The number of aromatic nitrogens is 1. The van der Waals surface area contributed by atoms with Crippen molar-refractivity contribution in [3.05, 3.63) is 22.2 Å². The Labute approximate surface area is 128 Å². The van der Waals surface area contributed by atoms with Crippen LogP contribution in [0.2, 0.25) is 18.1 Å². The molecule has 0 radical (unpaired) electrons. The second kappa shape index (κ2) is 7.40. The molecule has 0 aromatic carbocycles. The highest BCUT2D eigenvalue weighted by Crippen LogP contribution is 2.24. The summed E-state index contributed by atoms with van der Waals surface area (Å²) in [7, 11) is -0.436. The lowest BCUT2D eigenvalue weighted by atomic mass is 10.2. The van der Waals surface area contributed by atoms with E-state index in [-0.39, 0.29) is 17.2 Å². The molecular formula is C14H21BrF2N2Si. The van der Waals surface area contributed by atoms with E-state index in [1.165, 1.54) is 7.05 Å². The van der Waals surface area contributed by atoms with Gasteiger partial charge >= 0.3 is 0 Å². The van der Waals surface area contributed by atoms with E-state index in [1.54, 1.807) is 6.07 Å². The first-order valence-electron chi connectivity index (χ1n) is 6.88. The van der Waals surface area contributed by atoms with Crippen molar-refractivity contribution in [1.29, 1.82) is 0 Å². The van der Waals surface area contributed by atoms with Gasteiger partial charge in [-0.2, -0.15) is 0 Å². The third-order valence-electron chi connectivity index (χ3n) is 4.20. The fraction of sp³-hybridized carbons (Fsp3) is 0.571. The second-order valence-electron chi connectivity index (χ2n) is 4.80. The van der Waals surface area contributed by atoms with Crippen molar-refractivity contribution in [2.45, 2.75) is 38.9 Å². The number of nitrogens with zero attached hydrogens (tertiary/aromatic N) is 2. The Morgan fingerprint density at radius 3 is 2.25 bits per heavy atom. The molecule has 1 aromatic rings. The third-order valence-corrected chi connectivity index (χ3v) is 10.2. The minimum absolute atomic E-state index is 0.0478. The zero-order valence-electron chi connectivity index (χ0n) is 12.4. The number of rotatable bonds is 6. The van der Waals surface area contributed by atoms with Gasteiger partial charge in [-0.1, -0.05) is 38.9 Å². The Bertz CT molecular complexity index is 494. The molecule has 0 spiro atoms. The quantitative estimate of drug-likeness (QED) is 0.425. The van der Waals surface area contributed by atoms with Crippen LogP contribution in [0.5, 0.6) is 0 Å². The summed E-state index contributed by atoms with van der Waals surface area (Å²) in [5.41, 5.74) is 0.114. The lowest BCUT2D eigenvalue weighted by Gasteiger charge is -2.29. The third kappa shape index (κ3) is 3.16. The summed E-state index contributed by atoms with van der Waals surface area (Å²) in [5.74, 6) is -0.385. The van der Waals surface area contributed by atoms with Gasteiger partial charge in [0, 0.05) is 7.05 Å². The maximum absolute atomic E-state index is 14.8. The van der Waals surface area contributed by atoms with Crippen LogP contribution in [0.3, 0.4) is 0 Å². The molecule has 1 aromatic heterocycles. The molecule has 0 aliphatic carbocycles. The van der Waals surface area contributed by atoms with E-state index in [0.29, 0.717) is 4.60 Å². The Balaban J connectivity index is 3.57. The summed E-state index contributed by atoms with van der Waals surface area (Å²) < 4.78 is 28.4. The highest BCUT2D eigenvalue weighted by atomic mass is 79.9. The van der Waals surface area contributed by atoms with E-state index < -0.39 is 14.7 Å². The molecule has 2 nitrogen and oxygen atoms in total. The molecule has 0 N–H and O–H groups in total. The molecule has 0 amide bonds. The molecule has 0 saturated heterocycles. The van der Waals surface area contributed by atoms with E-state index >= 15 is 0 Å². The largest absolute Gasteiger partial charge is 0.288 e. The number of halogens is 3. The molecule has 0 unspecified atom stereocenters. The predicted molar refractivity (Wildman–Crippen MR) is 87.2 cm³/mol. The molecule has 1 rings (SSSR count). The van der Waals surface area contributed by atoms with Crippen LogP contribution in [-0.2, 0) is 0 Å². The average molecular weight is 363 g/mol. The van der Waals surface area contributed by atoms with Gasteiger partial charge in [0.1, 0.15) is 22.8 Å². The Kier molecular flexibility index (Phi) is 6.45. The van der Waals surface area contributed by atoms with E-state index in [9.17, 15) is 8.78 Å². The number of alkyl halides is 1. The molecule has 0 aliphatic rings. The molecule has 0 aliphatic heterocycles. The van der Waals surface area contributed by atoms with Crippen molar-refractivity contribution in [3.63, 3.8) is 0 Å². The fourth-order valence-electron chi connectivity index (χ4n) is 2.63. The van der Waals surface area contributed by atoms with Crippen molar-refractivity contribution < 1.29 is 8.78 Å². The minimum Gasteiger partial charge on any atom is -0.288 e. The van der Waals surface area contributed by atoms with Crippen LogP contribution in [0, 0.1) is 5.82 Å². The summed E-state index contributed by atoms with van der Waals surface area (Å²) in [6, 6.07) is 4.65. The lowest BCUT2D eigenvalue weighted by molar-refractivity contribution is 0.574. The first kappa shape index (κ1) is 17.4.